The Hall–Kier alpha value is -2.55. The molecule has 1 saturated heterocycles. The first-order chi connectivity index (χ1) is 10.1. The first-order valence-electron chi connectivity index (χ1n) is 6.23. The molecule has 2 amide bonds. The molecule has 2 heterocycles. The predicted molar refractivity (Wildman–Crippen MR) is 76.6 cm³/mol. The lowest BCUT2D eigenvalue weighted by Gasteiger charge is -2.15. The Morgan fingerprint density at radius 3 is 2.86 bits per heavy atom. The van der Waals surface area contributed by atoms with E-state index in [4.69, 9.17) is 0 Å². The molecule has 9 heteroatoms. The SMILES string of the molecule is O=C1NCCN1c1cccc(NS(=O)(=O)c2cnc[nH]2)c1. The smallest absolute Gasteiger partial charge is 0.321 e. The van der Waals surface area contributed by atoms with Gasteiger partial charge in [-0.2, -0.15) is 8.42 Å². The number of aromatic amines is 1. The van der Waals surface area contributed by atoms with Gasteiger partial charge < -0.3 is 10.3 Å². The molecule has 8 nitrogen and oxygen atoms in total. The summed E-state index contributed by atoms with van der Waals surface area (Å²) in [4.78, 5) is 19.4. The van der Waals surface area contributed by atoms with Crippen LogP contribution in [0.1, 0.15) is 0 Å². The van der Waals surface area contributed by atoms with Crippen molar-refractivity contribution in [3.63, 3.8) is 0 Å². The largest absolute Gasteiger partial charge is 0.336 e. The molecule has 0 unspecified atom stereocenters. The van der Waals surface area contributed by atoms with Crippen molar-refractivity contribution in [1.29, 1.82) is 0 Å². The van der Waals surface area contributed by atoms with Crippen LogP contribution in [-0.2, 0) is 10.0 Å². The van der Waals surface area contributed by atoms with Crippen LogP contribution in [0.2, 0.25) is 0 Å². The molecule has 1 aliphatic rings. The van der Waals surface area contributed by atoms with E-state index in [1.54, 1.807) is 29.2 Å². The molecule has 0 spiro atoms. The third-order valence-corrected chi connectivity index (χ3v) is 4.34. The highest BCUT2D eigenvalue weighted by Gasteiger charge is 2.22. The number of amides is 2. The fourth-order valence-corrected chi connectivity index (χ4v) is 3.01. The third kappa shape index (κ3) is 2.68. The number of hydrogen-bond donors (Lipinski definition) is 3. The summed E-state index contributed by atoms with van der Waals surface area (Å²) < 4.78 is 26.6. The summed E-state index contributed by atoms with van der Waals surface area (Å²) in [5, 5.41) is 2.67. The lowest BCUT2D eigenvalue weighted by atomic mass is 10.2. The van der Waals surface area contributed by atoms with Gasteiger partial charge in [0.1, 0.15) is 0 Å². The van der Waals surface area contributed by atoms with Crippen molar-refractivity contribution in [2.75, 3.05) is 22.7 Å². The van der Waals surface area contributed by atoms with E-state index in [1.807, 2.05) is 0 Å². The summed E-state index contributed by atoms with van der Waals surface area (Å²) in [6.07, 6.45) is 2.51. The zero-order valence-electron chi connectivity index (χ0n) is 10.9. The maximum absolute atomic E-state index is 12.1. The second-order valence-electron chi connectivity index (χ2n) is 4.46. The molecular weight excluding hydrogens is 294 g/mol. The quantitative estimate of drug-likeness (QED) is 0.774. The van der Waals surface area contributed by atoms with Gasteiger partial charge in [0.2, 0.25) is 0 Å². The van der Waals surface area contributed by atoms with E-state index in [-0.39, 0.29) is 11.1 Å². The molecule has 0 saturated carbocycles. The van der Waals surface area contributed by atoms with Crippen LogP contribution in [0.25, 0.3) is 0 Å². The van der Waals surface area contributed by atoms with E-state index >= 15 is 0 Å². The van der Waals surface area contributed by atoms with Gasteiger partial charge in [-0.25, -0.2) is 9.78 Å². The van der Waals surface area contributed by atoms with Crippen LogP contribution in [0.4, 0.5) is 16.2 Å². The summed E-state index contributed by atoms with van der Waals surface area (Å²) in [6, 6.07) is 6.47. The molecule has 2 aromatic rings. The zero-order valence-corrected chi connectivity index (χ0v) is 11.7. The molecule has 1 fully saturated rings. The normalized spacial score (nSPS) is 15.0. The number of imidazole rings is 1. The number of hydrogen-bond acceptors (Lipinski definition) is 4. The van der Waals surface area contributed by atoms with Crippen molar-refractivity contribution in [3.8, 4) is 0 Å². The van der Waals surface area contributed by atoms with Crippen molar-refractivity contribution < 1.29 is 13.2 Å². The minimum Gasteiger partial charge on any atom is -0.336 e. The van der Waals surface area contributed by atoms with E-state index in [9.17, 15) is 13.2 Å². The minimum atomic E-state index is -3.71. The van der Waals surface area contributed by atoms with E-state index in [0.29, 0.717) is 24.5 Å². The van der Waals surface area contributed by atoms with Crippen molar-refractivity contribution in [2.24, 2.45) is 0 Å². The Morgan fingerprint density at radius 2 is 2.19 bits per heavy atom. The maximum atomic E-state index is 12.1. The summed E-state index contributed by atoms with van der Waals surface area (Å²) >= 11 is 0. The van der Waals surface area contributed by atoms with Gasteiger partial charge in [-0.15, -0.1) is 0 Å². The molecule has 0 atom stereocenters. The number of rotatable bonds is 4. The average molecular weight is 307 g/mol. The maximum Gasteiger partial charge on any atom is 0.321 e. The molecule has 1 aromatic heterocycles. The summed E-state index contributed by atoms with van der Waals surface area (Å²) in [7, 11) is -3.71. The topological polar surface area (TPSA) is 107 Å². The fraction of sp³-hybridized carbons (Fsp3) is 0.167. The monoisotopic (exact) mass is 307 g/mol. The number of anilines is 2. The minimum absolute atomic E-state index is 0.0215. The van der Waals surface area contributed by atoms with Crippen LogP contribution in [0.15, 0.2) is 41.8 Å². The molecule has 21 heavy (non-hydrogen) atoms. The van der Waals surface area contributed by atoms with Crippen LogP contribution < -0.4 is 14.9 Å². The van der Waals surface area contributed by atoms with Gasteiger partial charge >= 0.3 is 6.03 Å². The average Bonchev–Trinajstić information content (AvgIpc) is 3.09. The molecule has 3 N–H and O–H groups in total. The highest BCUT2D eigenvalue weighted by Crippen LogP contribution is 2.22. The molecule has 3 rings (SSSR count). The Kier molecular flexibility index (Phi) is 3.26. The van der Waals surface area contributed by atoms with Gasteiger partial charge in [0.05, 0.1) is 18.2 Å². The van der Waals surface area contributed by atoms with Crippen LogP contribution in [0, 0.1) is 0 Å². The highest BCUT2D eigenvalue weighted by molar-refractivity contribution is 7.92. The Labute approximate surface area is 121 Å². The van der Waals surface area contributed by atoms with Crippen LogP contribution in [0.5, 0.6) is 0 Å². The molecule has 1 aromatic carbocycles. The second-order valence-corrected chi connectivity index (χ2v) is 6.11. The van der Waals surface area contributed by atoms with Crippen molar-refractivity contribution in [2.45, 2.75) is 5.03 Å². The van der Waals surface area contributed by atoms with Gasteiger partial charge in [0.15, 0.2) is 5.03 Å². The number of urea groups is 1. The first-order valence-corrected chi connectivity index (χ1v) is 7.71. The number of carbonyl (C=O) groups excluding carboxylic acids is 1. The molecule has 0 bridgehead atoms. The van der Waals surface area contributed by atoms with Crippen molar-refractivity contribution in [1.82, 2.24) is 15.3 Å². The summed E-state index contributed by atoms with van der Waals surface area (Å²) in [5.41, 5.74) is 1.01. The first kappa shape index (κ1) is 13.4. The van der Waals surface area contributed by atoms with Gasteiger partial charge in [-0.3, -0.25) is 9.62 Å². The summed E-state index contributed by atoms with van der Waals surface area (Å²) in [6.45, 7) is 1.12. The van der Waals surface area contributed by atoms with Crippen molar-refractivity contribution in [3.05, 3.63) is 36.8 Å². The van der Waals surface area contributed by atoms with Gasteiger partial charge in [-0.05, 0) is 18.2 Å². The van der Waals surface area contributed by atoms with Gasteiger partial charge in [0.25, 0.3) is 10.0 Å². The third-order valence-electron chi connectivity index (χ3n) is 3.03. The molecular formula is C12H13N5O3S. The van der Waals surface area contributed by atoms with Crippen LogP contribution >= 0.6 is 0 Å². The number of carbonyl (C=O) groups is 1. The second kappa shape index (κ2) is 5.09. The number of benzene rings is 1. The van der Waals surface area contributed by atoms with E-state index in [0.717, 1.165) is 0 Å². The van der Waals surface area contributed by atoms with E-state index < -0.39 is 10.0 Å². The van der Waals surface area contributed by atoms with E-state index in [1.165, 1.54) is 12.5 Å². The van der Waals surface area contributed by atoms with Crippen LogP contribution in [0.3, 0.4) is 0 Å². The van der Waals surface area contributed by atoms with Crippen molar-refractivity contribution >= 4 is 27.4 Å². The van der Waals surface area contributed by atoms with Crippen LogP contribution in [-0.4, -0.2) is 37.5 Å². The lowest BCUT2D eigenvalue weighted by Crippen LogP contribution is -2.27. The molecule has 1 aliphatic heterocycles. The summed E-state index contributed by atoms with van der Waals surface area (Å²) in [5.74, 6) is 0. The standard InChI is InChI=1S/C12H13N5O3S/c18-12-14-4-5-17(12)10-3-1-2-9(6-10)16-21(19,20)11-7-13-8-15-11/h1-3,6-8,16H,4-5H2,(H,13,15)(H,14,18). The number of nitrogens with zero attached hydrogens (tertiary/aromatic N) is 2. The molecule has 110 valence electrons. The fourth-order valence-electron chi connectivity index (χ4n) is 2.06. The van der Waals surface area contributed by atoms with Gasteiger partial charge in [-0.1, -0.05) is 6.07 Å². The number of aromatic nitrogens is 2. The Balaban J connectivity index is 1.85. The number of H-pyrrole nitrogens is 1. The van der Waals surface area contributed by atoms with Gasteiger partial charge in [0, 0.05) is 18.8 Å². The zero-order chi connectivity index (χ0) is 14.9. The molecule has 0 aliphatic carbocycles. The molecule has 0 radical (unpaired) electrons. The Morgan fingerprint density at radius 1 is 1.33 bits per heavy atom. The number of nitrogens with one attached hydrogen (secondary N) is 3. The van der Waals surface area contributed by atoms with E-state index in [2.05, 4.69) is 20.0 Å². The Bertz CT molecular complexity index is 757. The highest BCUT2D eigenvalue weighted by atomic mass is 32.2. The predicted octanol–water partition coefficient (Wildman–Crippen LogP) is 0.740. The number of sulfonamides is 1. The lowest BCUT2D eigenvalue weighted by molar-refractivity contribution is 0.252.